The maximum absolute atomic E-state index is 13.1. The standard InChI is InChI=1S/C32H40O9/c1-7-17(2)27(35)41-26-19-14-31(36)20(30(5)21(12-23(33)38-6)29(26,4)16-32(19,30)37)8-10-28(3)22(31)13-24(34)40-25(28)18-9-11-39-15-18/h7,9,11,13,15,19-21,25-26,36-37H,8,10,12,14,16H2,1-6H3/b17-7+/t19-,20-,21+,25+,26-,28-,29-,30+,31-,32?/m1/s1. The van der Waals surface area contributed by atoms with Crippen LogP contribution in [0.25, 0.3) is 0 Å². The summed E-state index contributed by atoms with van der Waals surface area (Å²) in [6.45, 7) is 9.39. The number of carbonyl (C=O) groups is 3. The fourth-order valence-corrected chi connectivity index (χ4v) is 10.2. The Morgan fingerprint density at radius 3 is 2.59 bits per heavy atom. The molecule has 9 heteroatoms. The van der Waals surface area contributed by atoms with Crippen molar-refractivity contribution < 1.29 is 43.2 Å². The lowest BCUT2D eigenvalue weighted by molar-refractivity contribution is -0.277. The second-order valence-corrected chi connectivity index (χ2v) is 13.7. The summed E-state index contributed by atoms with van der Waals surface area (Å²) in [5, 5.41) is 25.6. The van der Waals surface area contributed by atoms with E-state index in [2.05, 4.69) is 0 Å². The highest BCUT2D eigenvalue weighted by atomic mass is 16.6. The van der Waals surface area contributed by atoms with Crippen LogP contribution in [-0.2, 0) is 28.6 Å². The topological polar surface area (TPSA) is 132 Å². The van der Waals surface area contributed by atoms with Crippen molar-refractivity contribution in [3.8, 4) is 0 Å². The lowest BCUT2D eigenvalue weighted by Crippen LogP contribution is -2.73. The predicted molar refractivity (Wildman–Crippen MR) is 145 cm³/mol. The Hall–Kier alpha value is -2.91. The molecule has 5 aliphatic rings. The van der Waals surface area contributed by atoms with Gasteiger partial charge < -0.3 is 28.8 Å². The van der Waals surface area contributed by atoms with Gasteiger partial charge in [0.05, 0.1) is 30.8 Å². The largest absolute Gasteiger partial charge is 0.472 e. The second-order valence-electron chi connectivity index (χ2n) is 13.7. The van der Waals surface area contributed by atoms with Crippen molar-refractivity contribution in [1.82, 2.24) is 0 Å². The van der Waals surface area contributed by atoms with Crippen molar-refractivity contribution in [1.29, 1.82) is 0 Å². The third-order valence-electron chi connectivity index (χ3n) is 12.1. The van der Waals surface area contributed by atoms with Crippen molar-refractivity contribution in [2.75, 3.05) is 7.11 Å². The summed E-state index contributed by atoms with van der Waals surface area (Å²) in [4.78, 5) is 39.0. The normalized spacial score (nSPS) is 46.2. The third kappa shape index (κ3) is 3.39. The van der Waals surface area contributed by atoms with Crippen LogP contribution < -0.4 is 0 Å². The maximum Gasteiger partial charge on any atom is 0.333 e. The van der Waals surface area contributed by atoms with E-state index < -0.39 is 75.3 Å². The SMILES string of the molecule is C/C=C(\C)C(=O)O[C@@H]1[C@H]2C[C@]3(O)C4=CC(=O)O[C@@H](c5ccoc5)[C@]4(C)CC[C@@H]3[C@@]3(C)[C@@H](CC(=O)OC)[C@@]1(C)CC23O. The van der Waals surface area contributed by atoms with Crippen molar-refractivity contribution in [3.05, 3.63) is 47.5 Å². The molecule has 10 atom stereocenters. The molecule has 0 aromatic carbocycles. The smallest absolute Gasteiger partial charge is 0.333 e. The summed E-state index contributed by atoms with van der Waals surface area (Å²) >= 11 is 0. The summed E-state index contributed by atoms with van der Waals surface area (Å²) in [5.41, 5.74) is -3.49. The minimum Gasteiger partial charge on any atom is -0.472 e. The number of esters is 3. The number of ether oxygens (including phenoxy) is 3. The molecule has 0 spiro atoms. The quantitative estimate of drug-likeness (QED) is 0.305. The van der Waals surface area contributed by atoms with Gasteiger partial charge in [0.2, 0.25) is 0 Å². The van der Waals surface area contributed by atoms with Gasteiger partial charge in [0.1, 0.15) is 12.2 Å². The Labute approximate surface area is 239 Å². The van der Waals surface area contributed by atoms with E-state index in [1.165, 1.54) is 19.4 Å². The first-order valence-corrected chi connectivity index (χ1v) is 14.5. The van der Waals surface area contributed by atoms with Crippen molar-refractivity contribution >= 4 is 17.9 Å². The third-order valence-corrected chi connectivity index (χ3v) is 12.1. The summed E-state index contributed by atoms with van der Waals surface area (Å²) in [6.07, 6.45) is 6.36. The van der Waals surface area contributed by atoms with Gasteiger partial charge in [-0.05, 0) is 57.1 Å². The first kappa shape index (κ1) is 28.2. The minimum absolute atomic E-state index is 0.0117. The molecule has 1 aromatic rings. The van der Waals surface area contributed by atoms with Crippen LogP contribution in [-0.4, -0.2) is 52.5 Å². The van der Waals surface area contributed by atoms with Gasteiger partial charge in [0.15, 0.2) is 0 Å². The van der Waals surface area contributed by atoms with Crippen molar-refractivity contribution in [3.63, 3.8) is 0 Å². The number of hydrogen-bond donors (Lipinski definition) is 2. The van der Waals surface area contributed by atoms with Crippen LogP contribution in [0.3, 0.4) is 0 Å². The fraction of sp³-hybridized carbons (Fsp3) is 0.656. The van der Waals surface area contributed by atoms with Gasteiger partial charge in [-0.3, -0.25) is 4.79 Å². The number of methoxy groups -OCH3 is 1. The molecule has 4 saturated carbocycles. The Kier molecular flexibility index (Phi) is 6.06. The van der Waals surface area contributed by atoms with E-state index in [-0.39, 0.29) is 12.8 Å². The van der Waals surface area contributed by atoms with Crippen molar-refractivity contribution in [2.45, 2.75) is 90.1 Å². The van der Waals surface area contributed by atoms with Gasteiger partial charge in [-0.15, -0.1) is 0 Å². The highest BCUT2D eigenvalue weighted by Crippen LogP contribution is 2.81. The van der Waals surface area contributed by atoms with Crippen LogP contribution in [0.2, 0.25) is 0 Å². The molecule has 4 fully saturated rings. The zero-order chi connectivity index (χ0) is 29.8. The number of hydrogen-bond acceptors (Lipinski definition) is 9. The Morgan fingerprint density at radius 1 is 1.22 bits per heavy atom. The van der Waals surface area contributed by atoms with Gasteiger partial charge in [0.25, 0.3) is 0 Å². The number of aliphatic hydroxyl groups is 2. The van der Waals surface area contributed by atoms with E-state index in [4.69, 9.17) is 18.6 Å². The highest BCUT2D eigenvalue weighted by molar-refractivity contribution is 5.88. The van der Waals surface area contributed by atoms with Gasteiger partial charge in [-0.25, -0.2) is 9.59 Å². The monoisotopic (exact) mass is 568 g/mol. The molecule has 0 saturated heterocycles. The van der Waals surface area contributed by atoms with E-state index in [0.29, 0.717) is 36.0 Å². The number of cyclic esters (lactones) is 1. The summed E-state index contributed by atoms with van der Waals surface area (Å²) in [6, 6.07) is 1.77. The number of carbonyl (C=O) groups excluding carboxylic acids is 3. The molecule has 222 valence electrons. The number of rotatable bonds is 5. The minimum atomic E-state index is -1.51. The second kappa shape index (κ2) is 8.80. The molecule has 41 heavy (non-hydrogen) atoms. The molecule has 4 aliphatic carbocycles. The van der Waals surface area contributed by atoms with E-state index in [1.54, 1.807) is 32.3 Å². The Balaban J connectivity index is 1.51. The molecule has 2 N–H and O–H groups in total. The molecule has 6 rings (SSSR count). The van der Waals surface area contributed by atoms with Crippen LogP contribution in [0.15, 0.2) is 46.3 Å². The molecule has 1 unspecified atom stereocenters. The fourth-order valence-electron chi connectivity index (χ4n) is 10.2. The summed E-state index contributed by atoms with van der Waals surface area (Å²) in [5.74, 6) is -2.99. The lowest BCUT2D eigenvalue weighted by Gasteiger charge is -2.68. The molecule has 1 aliphatic heterocycles. The van der Waals surface area contributed by atoms with E-state index in [0.717, 1.165) is 0 Å². The molecule has 2 bridgehead atoms. The predicted octanol–water partition coefficient (Wildman–Crippen LogP) is 4.19. The van der Waals surface area contributed by atoms with E-state index in [1.807, 2.05) is 20.8 Å². The van der Waals surface area contributed by atoms with Crippen LogP contribution >= 0.6 is 0 Å². The molecule has 9 nitrogen and oxygen atoms in total. The average molecular weight is 569 g/mol. The highest BCUT2D eigenvalue weighted by Gasteiger charge is 2.84. The number of furan rings is 1. The van der Waals surface area contributed by atoms with Gasteiger partial charge in [-0.2, -0.15) is 0 Å². The molecule has 2 heterocycles. The molecular formula is C32H40O9. The zero-order valence-corrected chi connectivity index (χ0v) is 24.6. The molecule has 0 amide bonds. The summed E-state index contributed by atoms with van der Waals surface area (Å²) in [7, 11) is 1.34. The van der Waals surface area contributed by atoms with Gasteiger partial charge in [0, 0.05) is 51.7 Å². The van der Waals surface area contributed by atoms with Crippen LogP contribution in [0.1, 0.15) is 78.4 Å². The average Bonchev–Trinajstić information content (AvgIpc) is 3.57. The first-order chi connectivity index (χ1) is 19.2. The molecule has 1 aromatic heterocycles. The lowest BCUT2D eigenvalue weighted by atomic mass is 9.39. The Bertz CT molecular complexity index is 1360. The van der Waals surface area contributed by atoms with Gasteiger partial charge >= 0.3 is 17.9 Å². The van der Waals surface area contributed by atoms with Gasteiger partial charge in [-0.1, -0.05) is 26.8 Å². The van der Waals surface area contributed by atoms with Crippen molar-refractivity contribution in [2.24, 2.45) is 34.0 Å². The van der Waals surface area contributed by atoms with Crippen LogP contribution in [0.4, 0.5) is 0 Å². The number of allylic oxidation sites excluding steroid dienone is 1. The zero-order valence-electron chi connectivity index (χ0n) is 24.6. The van der Waals surface area contributed by atoms with Crippen LogP contribution in [0, 0.1) is 34.0 Å². The summed E-state index contributed by atoms with van der Waals surface area (Å²) < 4.78 is 22.4. The first-order valence-electron chi connectivity index (χ1n) is 14.5. The number of fused-ring (bicyclic) bond motifs is 5. The maximum atomic E-state index is 13.1. The Morgan fingerprint density at radius 2 is 1.95 bits per heavy atom. The molecular weight excluding hydrogens is 528 g/mol. The van der Waals surface area contributed by atoms with E-state index in [9.17, 15) is 24.6 Å². The van der Waals surface area contributed by atoms with E-state index >= 15 is 0 Å². The molecule has 0 radical (unpaired) electrons. The van der Waals surface area contributed by atoms with Crippen LogP contribution in [0.5, 0.6) is 0 Å².